The monoisotopic (exact) mass is 368 g/mol. The number of amides is 3. The summed E-state index contributed by atoms with van der Waals surface area (Å²) in [5.74, 6) is -0.363. The molecular weight excluding hydrogens is 348 g/mol. The largest absolute Gasteiger partial charge is 0.325 e. The Hall–Kier alpha value is -2.80. The molecule has 2 N–H and O–H groups in total. The molecule has 6 nitrogen and oxygen atoms in total. The first-order valence-electron chi connectivity index (χ1n) is 8.37. The van der Waals surface area contributed by atoms with Crippen LogP contribution in [0.5, 0.6) is 0 Å². The highest BCUT2D eigenvalue weighted by Crippen LogP contribution is 2.27. The summed E-state index contributed by atoms with van der Waals surface area (Å²) in [6, 6.07) is 16.3. The summed E-state index contributed by atoms with van der Waals surface area (Å²) in [4.78, 5) is 28.9. The topological polar surface area (TPSA) is 76.0 Å². The fraction of sp³-hybridized carbons (Fsp3) is 0.211. The Kier molecular flexibility index (Phi) is 5.58. The van der Waals surface area contributed by atoms with Gasteiger partial charge in [-0.25, -0.2) is 9.78 Å². The summed E-state index contributed by atoms with van der Waals surface area (Å²) in [6.07, 6.45) is 0. The zero-order valence-electron chi connectivity index (χ0n) is 14.6. The fourth-order valence-corrected chi connectivity index (χ4v) is 3.55. The Morgan fingerprint density at radius 3 is 2.54 bits per heavy atom. The maximum Gasteiger partial charge on any atom is 0.325 e. The molecule has 0 saturated carbocycles. The van der Waals surface area contributed by atoms with Crippen molar-refractivity contribution in [3.05, 3.63) is 54.6 Å². The van der Waals surface area contributed by atoms with E-state index in [2.05, 4.69) is 20.2 Å². The van der Waals surface area contributed by atoms with Crippen molar-refractivity contribution in [1.29, 1.82) is 0 Å². The molecule has 26 heavy (non-hydrogen) atoms. The van der Waals surface area contributed by atoms with E-state index in [1.165, 1.54) is 11.8 Å². The molecule has 3 rings (SSSR count). The lowest BCUT2D eigenvalue weighted by atomic mass is 10.3. The molecule has 134 valence electrons. The van der Waals surface area contributed by atoms with E-state index >= 15 is 0 Å². The van der Waals surface area contributed by atoms with Crippen molar-refractivity contribution < 1.29 is 9.59 Å². The minimum atomic E-state index is -0.544. The van der Waals surface area contributed by atoms with Gasteiger partial charge in [-0.1, -0.05) is 42.1 Å². The minimum Gasteiger partial charge on any atom is -0.319 e. The molecule has 0 aliphatic rings. The standard InChI is InChI=1S/C19H20N4O2S/c1-3-23-16-12-8-7-11-15(16)21-19(23)26-13(2)17(24)22-18(25)20-14-9-5-4-6-10-14/h4-13H,3H2,1-2H3,(H2,20,22,24,25). The second-order valence-electron chi connectivity index (χ2n) is 5.70. The lowest BCUT2D eigenvalue weighted by molar-refractivity contribution is -0.119. The molecule has 3 aromatic rings. The van der Waals surface area contributed by atoms with Gasteiger partial charge in [0.2, 0.25) is 5.91 Å². The van der Waals surface area contributed by atoms with Gasteiger partial charge in [-0.15, -0.1) is 0 Å². The Labute approximate surface area is 156 Å². The molecule has 0 aliphatic heterocycles. The number of rotatable bonds is 5. The average molecular weight is 368 g/mol. The number of urea groups is 1. The molecule has 0 radical (unpaired) electrons. The van der Waals surface area contributed by atoms with Crippen molar-refractivity contribution in [2.75, 3.05) is 5.32 Å². The number of carbonyl (C=O) groups excluding carboxylic acids is 2. The summed E-state index contributed by atoms with van der Waals surface area (Å²) in [5, 5.41) is 5.31. The highest BCUT2D eigenvalue weighted by atomic mass is 32.2. The lowest BCUT2D eigenvalue weighted by Gasteiger charge is -2.12. The number of para-hydroxylation sites is 3. The number of nitrogens with one attached hydrogen (secondary N) is 2. The van der Waals surface area contributed by atoms with E-state index in [1.54, 1.807) is 19.1 Å². The van der Waals surface area contributed by atoms with E-state index < -0.39 is 11.3 Å². The Morgan fingerprint density at radius 2 is 1.81 bits per heavy atom. The molecule has 1 atom stereocenters. The second kappa shape index (κ2) is 8.05. The molecule has 1 aromatic heterocycles. The summed E-state index contributed by atoms with van der Waals surface area (Å²) >= 11 is 1.34. The van der Waals surface area contributed by atoms with Crippen molar-refractivity contribution in [2.45, 2.75) is 30.8 Å². The van der Waals surface area contributed by atoms with Gasteiger partial charge < -0.3 is 9.88 Å². The molecule has 1 heterocycles. The molecule has 0 saturated heterocycles. The SMILES string of the molecule is CCn1c(SC(C)C(=O)NC(=O)Nc2ccccc2)nc2ccccc21. The first-order chi connectivity index (χ1) is 12.6. The van der Waals surface area contributed by atoms with Crippen molar-refractivity contribution in [2.24, 2.45) is 0 Å². The lowest BCUT2D eigenvalue weighted by Crippen LogP contribution is -2.38. The maximum atomic E-state index is 12.3. The number of fused-ring (bicyclic) bond motifs is 1. The van der Waals surface area contributed by atoms with Crippen LogP contribution in [0.25, 0.3) is 11.0 Å². The van der Waals surface area contributed by atoms with E-state index in [0.29, 0.717) is 5.69 Å². The van der Waals surface area contributed by atoms with Crippen molar-refractivity contribution in [3.8, 4) is 0 Å². The first-order valence-corrected chi connectivity index (χ1v) is 9.25. The van der Waals surface area contributed by atoms with Gasteiger partial charge in [-0.2, -0.15) is 0 Å². The zero-order chi connectivity index (χ0) is 18.5. The van der Waals surface area contributed by atoms with Crippen LogP contribution < -0.4 is 10.6 Å². The maximum absolute atomic E-state index is 12.3. The van der Waals surface area contributed by atoms with Gasteiger partial charge in [0.25, 0.3) is 0 Å². The number of imide groups is 1. The van der Waals surface area contributed by atoms with Gasteiger partial charge >= 0.3 is 6.03 Å². The van der Waals surface area contributed by atoms with Crippen LogP contribution in [0.15, 0.2) is 59.8 Å². The third-order valence-electron chi connectivity index (χ3n) is 3.86. The number of nitrogens with zero attached hydrogens (tertiary/aromatic N) is 2. The Balaban J connectivity index is 1.65. The quantitative estimate of drug-likeness (QED) is 0.670. The molecule has 0 aliphatic carbocycles. The molecule has 0 bridgehead atoms. The number of aromatic nitrogens is 2. The van der Waals surface area contributed by atoms with Gasteiger partial charge in [-0.3, -0.25) is 10.1 Å². The molecule has 0 fully saturated rings. The minimum absolute atomic E-state index is 0.363. The van der Waals surface area contributed by atoms with Gasteiger partial charge in [0, 0.05) is 12.2 Å². The van der Waals surface area contributed by atoms with E-state index in [-0.39, 0.29) is 5.91 Å². The van der Waals surface area contributed by atoms with Crippen LogP contribution in [0.1, 0.15) is 13.8 Å². The van der Waals surface area contributed by atoms with Crippen molar-refractivity contribution in [3.63, 3.8) is 0 Å². The van der Waals surface area contributed by atoms with Gasteiger partial charge in [0.15, 0.2) is 5.16 Å². The fourth-order valence-electron chi connectivity index (χ4n) is 2.56. The number of hydrogen-bond donors (Lipinski definition) is 2. The van der Waals surface area contributed by atoms with Crippen LogP contribution in [-0.2, 0) is 11.3 Å². The molecule has 1 unspecified atom stereocenters. The number of hydrogen-bond acceptors (Lipinski definition) is 4. The number of carbonyl (C=O) groups is 2. The number of thioether (sulfide) groups is 1. The van der Waals surface area contributed by atoms with Crippen LogP contribution in [0, 0.1) is 0 Å². The van der Waals surface area contributed by atoms with Crippen LogP contribution in [0.3, 0.4) is 0 Å². The highest BCUT2D eigenvalue weighted by Gasteiger charge is 2.20. The number of imidazole rings is 1. The number of aryl methyl sites for hydroxylation is 1. The Morgan fingerprint density at radius 1 is 1.12 bits per heavy atom. The molecule has 0 spiro atoms. The van der Waals surface area contributed by atoms with Crippen LogP contribution in [0.2, 0.25) is 0 Å². The van der Waals surface area contributed by atoms with Gasteiger partial charge in [0.05, 0.1) is 16.3 Å². The predicted octanol–water partition coefficient (Wildman–Crippen LogP) is 3.89. The molecule has 3 amide bonds. The normalized spacial score (nSPS) is 11.9. The summed E-state index contributed by atoms with van der Waals surface area (Å²) in [5.41, 5.74) is 2.56. The van der Waals surface area contributed by atoms with Crippen LogP contribution in [-0.4, -0.2) is 26.7 Å². The van der Waals surface area contributed by atoms with E-state index in [9.17, 15) is 9.59 Å². The van der Waals surface area contributed by atoms with Crippen molar-refractivity contribution >= 4 is 40.4 Å². The van der Waals surface area contributed by atoms with Crippen LogP contribution in [0.4, 0.5) is 10.5 Å². The zero-order valence-corrected chi connectivity index (χ0v) is 15.4. The summed E-state index contributed by atoms with van der Waals surface area (Å²) < 4.78 is 2.06. The predicted molar refractivity (Wildman–Crippen MR) is 104 cm³/mol. The van der Waals surface area contributed by atoms with E-state index in [4.69, 9.17) is 0 Å². The third kappa shape index (κ3) is 4.05. The smallest absolute Gasteiger partial charge is 0.319 e. The second-order valence-corrected chi connectivity index (χ2v) is 7.00. The Bertz CT molecular complexity index is 924. The van der Waals surface area contributed by atoms with Gasteiger partial charge in [-0.05, 0) is 38.1 Å². The van der Waals surface area contributed by atoms with Crippen molar-refractivity contribution in [1.82, 2.24) is 14.9 Å². The van der Waals surface area contributed by atoms with Gasteiger partial charge in [0.1, 0.15) is 0 Å². The molecular formula is C19H20N4O2S. The summed E-state index contributed by atoms with van der Waals surface area (Å²) in [7, 11) is 0. The number of anilines is 1. The van der Waals surface area contributed by atoms with E-state index in [0.717, 1.165) is 22.7 Å². The van der Waals surface area contributed by atoms with Crippen LogP contribution >= 0.6 is 11.8 Å². The molecule has 2 aromatic carbocycles. The highest BCUT2D eigenvalue weighted by molar-refractivity contribution is 8.00. The van der Waals surface area contributed by atoms with E-state index in [1.807, 2.05) is 49.4 Å². The average Bonchev–Trinajstić information content (AvgIpc) is 2.99. The first kappa shape index (κ1) is 18.0. The molecule has 7 heteroatoms. The third-order valence-corrected chi connectivity index (χ3v) is 4.95. The summed E-state index contributed by atoms with van der Waals surface area (Å²) in [6.45, 7) is 4.55. The number of benzene rings is 2.